The smallest absolute Gasteiger partial charge is 0.452 e. The number of alkyl halides is 3. The predicted octanol–water partition coefficient (Wildman–Crippen LogP) is 6.07. The summed E-state index contributed by atoms with van der Waals surface area (Å²) in [6, 6.07) is 9.96. The second-order valence-corrected chi connectivity index (χ2v) is 19.3. The second-order valence-electron chi connectivity index (χ2n) is 15.9. The van der Waals surface area contributed by atoms with Crippen LogP contribution in [0.25, 0.3) is 5.65 Å². The molecule has 4 aromatic rings. The summed E-state index contributed by atoms with van der Waals surface area (Å²) in [6.07, 6.45) is 1.26. The highest BCUT2D eigenvalue weighted by Gasteiger charge is 2.51. The SMILES string of the molecule is Cc1ccc([C@@H](c2ccn3c(C(F)(F)F)nnc3c2C)C(C)(C)C(=O)O)cc1CN1CC2(CCOCC2)Oc2ncccc2S1(=O)(O)CCC(=O)NC1CCC1. The molecule has 1 aromatic carbocycles. The van der Waals surface area contributed by atoms with Crippen LogP contribution in [0.5, 0.6) is 5.88 Å². The molecule has 3 aromatic heterocycles. The minimum atomic E-state index is -5.16. The maximum absolute atomic E-state index is 15.9. The molecular weight excluding hydrogens is 754 g/mol. The number of carbonyl (C=O) groups excluding carboxylic acids is 1. The molecule has 13 nitrogen and oxygen atoms in total. The Labute approximate surface area is 322 Å². The van der Waals surface area contributed by atoms with Crippen molar-refractivity contribution in [2.75, 3.05) is 25.5 Å². The lowest BCUT2D eigenvalue weighted by atomic mass is 9.70. The summed E-state index contributed by atoms with van der Waals surface area (Å²) in [7, 11) is -5.16. The van der Waals surface area contributed by atoms with E-state index in [0.717, 1.165) is 29.2 Å². The average molecular weight is 801 g/mol. The summed E-state index contributed by atoms with van der Waals surface area (Å²) in [6.45, 7) is 7.14. The van der Waals surface area contributed by atoms with Gasteiger partial charge >= 0.3 is 12.1 Å². The fourth-order valence-corrected chi connectivity index (χ4v) is 11.1. The number of hydrogen-bond acceptors (Lipinski definition) is 8. The zero-order chi connectivity index (χ0) is 40.3. The van der Waals surface area contributed by atoms with Gasteiger partial charge in [-0.25, -0.2) is 4.98 Å². The Morgan fingerprint density at radius 1 is 1.11 bits per heavy atom. The van der Waals surface area contributed by atoms with Gasteiger partial charge in [-0.15, -0.1) is 19.7 Å². The number of ether oxygens (including phenoxy) is 2. The Kier molecular flexibility index (Phi) is 10.1. The van der Waals surface area contributed by atoms with E-state index >= 15 is 4.21 Å². The van der Waals surface area contributed by atoms with E-state index in [1.165, 1.54) is 28.8 Å². The molecule has 302 valence electrons. The van der Waals surface area contributed by atoms with Crippen LogP contribution in [-0.2, 0) is 36.6 Å². The quantitative estimate of drug-likeness (QED) is 0.171. The Bertz CT molecular complexity index is 2250. The number of rotatable bonds is 10. The Balaban J connectivity index is 1.34. The summed E-state index contributed by atoms with van der Waals surface area (Å²) < 4.78 is 84.8. The van der Waals surface area contributed by atoms with Gasteiger partial charge in [0.15, 0.2) is 5.65 Å². The highest BCUT2D eigenvalue weighted by Crippen LogP contribution is 2.49. The van der Waals surface area contributed by atoms with E-state index < -0.39 is 50.2 Å². The van der Waals surface area contributed by atoms with E-state index in [0.29, 0.717) is 48.3 Å². The zero-order valence-electron chi connectivity index (χ0n) is 31.8. The maximum Gasteiger partial charge on any atom is 0.452 e. The number of carbonyl (C=O) groups is 2. The van der Waals surface area contributed by atoms with Crippen molar-refractivity contribution in [1.82, 2.24) is 29.2 Å². The topological polar surface area (TPSA) is 168 Å². The van der Waals surface area contributed by atoms with E-state index in [9.17, 15) is 32.4 Å². The molecule has 0 unspecified atom stereocenters. The number of carboxylic acids is 1. The van der Waals surface area contributed by atoms with Gasteiger partial charge < -0.3 is 19.9 Å². The molecule has 1 atom stereocenters. The summed E-state index contributed by atoms with van der Waals surface area (Å²) in [4.78, 5) is 30.6. The molecule has 5 heterocycles. The molecule has 1 amide bonds. The number of aromatic nitrogens is 4. The fourth-order valence-electron chi connectivity index (χ4n) is 8.10. The molecule has 2 fully saturated rings. The van der Waals surface area contributed by atoms with Gasteiger partial charge in [-0.05, 0) is 93.0 Å². The molecule has 3 aliphatic rings. The molecule has 0 bridgehead atoms. The van der Waals surface area contributed by atoms with E-state index in [4.69, 9.17) is 9.47 Å². The van der Waals surface area contributed by atoms with Crippen molar-refractivity contribution in [3.05, 3.63) is 82.4 Å². The minimum Gasteiger partial charge on any atom is -0.481 e. The number of benzene rings is 1. The average Bonchev–Trinajstić information content (AvgIpc) is 3.55. The number of nitrogens with one attached hydrogen (secondary N) is 1. The van der Waals surface area contributed by atoms with Gasteiger partial charge in [0, 0.05) is 50.2 Å². The first kappa shape index (κ1) is 39.8. The van der Waals surface area contributed by atoms with Crippen molar-refractivity contribution < 1.29 is 46.1 Å². The molecule has 1 spiro atoms. The van der Waals surface area contributed by atoms with Crippen molar-refractivity contribution in [1.29, 1.82) is 0 Å². The van der Waals surface area contributed by atoms with Crippen LogP contribution in [0.3, 0.4) is 0 Å². The number of halogens is 3. The van der Waals surface area contributed by atoms with Gasteiger partial charge in [0.05, 0.1) is 30.9 Å². The lowest BCUT2D eigenvalue weighted by Gasteiger charge is -2.51. The van der Waals surface area contributed by atoms with Crippen LogP contribution in [0.2, 0.25) is 0 Å². The highest BCUT2D eigenvalue weighted by molar-refractivity contribution is 8.13. The van der Waals surface area contributed by atoms with Crippen molar-refractivity contribution in [2.45, 2.75) is 101 Å². The van der Waals surface area contributed by atoms with Crippen LogP contribution < -0.4 is 10.1 Å². The summed E-state index contributed by atoms with van der Waals surface area (Å²) in [5.41, 5.74) is 0.142. The van der Waals surface area contributed by atoms with Crippen LogP contribution in [-0.4, -0.2) is 86.8 Å². The summed E-state index contributed by atoms with van der Waals surface area (Å²) in [5, 5.41) is 20.7. The Morgan fingerprint density at radius 2 is 1.84 bits per heavy atom. The second kappa shape index (κ2) is 14.2. The number of nitrogens with zero attached hydrogens (tertiary/aromatic N) is 5. The summed E-state index contributed by atoms with van der Waals surface area (Å²) in [5.74, 6) is -3.97. The van der Waals surface area contributed by atoms with E-state index in [2.05, 4.69) is 20.5 Å². The largest absolute Gasteiger partial charge is 0.481 e. The van der Waals surface area contributed by atoms with Crippen LogP contribution in [0.4, 0.5) is 13.2 Å². The first-order valence-electron chi connectivity index (χ1n) is 18.7. The van der Waals surface area contributed by atoms with Gasteiger partial charge in [0.25, 0.3) is 0 Å². The normalized spacial score (nSPS) is 20.8. The van der Waals surface area contributed by atoms with E-state index in [-0.39, 0.29) is 47.9 Å². The third-order valence-corrected chi connectivity index (χ3v) is 15.3. The number of fused-ring (bicyclic) bond motifs is 2. The molecule has 17 heteroatoms. The predicted molar refractivity (Wildman–Crippen MR) is 200 cm³/mol. The van der Waals surface area contributed by atoms with Crippen LogP contribution >= 0.6 is 0 Å². The molecule has 1 saturated heterocycles. The van der Waals surface area contributed by atoms with Crippen LogP contribution in [0.15, 0.2) is 53.7 Å². The third kappa shape index (κ3) is 7.07. The molecule has 1 saturated carbocycles. The zero-order valence-corrected chi connectivity index (χ0v) is 32.6. The van der Waals surface area contributed by atoms with Crippen LogP contribution in [0, 0.1) is 19.3 Å². The van der Waals surface area contributed by atoms with Gasteiger partial charge in [-0.1, -0.05) is 18.2 Å². The number of hydrogen-bond donors (Lipinski definition) is 3. The van der Waals surface area contributed by atoms with Crippen molar-refractivity contribution in [2.24, 2.45) is 5.41 Å². The van der Waals surface area contributed by atoms with E-state index in [1.54, 1.807) is 45.0 Å². The maximum atomic E-state index is 15.9. The number of amides is 1. The lowest BCUT2D eigenvalue weighted by Crippen LogP contribution is -2.58. The van der Waals surface area contributed by atoms with Crippen molar-refractivity contribution in [3.63, 3.8) is 0 Å². The van der Waals surface area contributed by atoms with Gasteiger partial charge in [0.2, 0.25) is 17.6 Å². The van der Waals surface area contributed by atoms with Crippen molar-refractivity contribution in [3.8, 4) is 5.88 Å². The molecule has 2 aliphatic heterocycles. The standard InChI is InChI=1S/C39H47F3N6O7S/c1-24-10-11-26(32(37(3,4)36(50)51)29-12-17-48-33(25(29)2)45-46-35(48)39(40,41)42)21-27(24)22-47-23-38(14-18-54-19-15-38)55-34-30(9-6-16-43-34)56(47,52,53)20-13-31(49)44-28-7-5-8-28/h6,9-12,16-17,21,28,32H,5,7-8,13-15,18-20,22-23H2,1-4H3,(H,44,49)(H,50,51)(H,52,53)/t32-/m0/s1. The molecule has 56 heavy (non-hydrogen) atoms. The van der Waals surface area contributed by atoms with Gasteiger partial charge in [-0.3, -0.25) is 18.5 Å². The number of carboxylic acid groups (broad SMARTS) is 1. The molecule has 0 radical (unpaired) electrons. The summed E-state index contributed by atoms with van der Waals surface area (Å²) >= 11 is 0. The Morgan fingerprint density at radius 3 is 2.50 bits per heavy atom. The third-order valence-electron chi connectivity index (χ3n) is 11.8. The fraction of sp³-hybridized carbons (Fsp3) is 0.513. The first-order chi connectivity index (χ1) is 26.3. The molecule has 1 aliphatic carbocycles. The minimum absolute atomic E-state index is 0.00323. The van der Waals surface area contributed by atoms with Crippen molar-refractivity contribution >= 4 is 27.1 Å². The molecular formula is C39H47F3N6O7S. The monoisotopic (exact) mass is 800 g/mol. The number of aryl methyl sites for hydroxylation is 2. The number of aliphatic carboxylic acids is 1. The van der Waals surface area contributed by atoms with E-state index in [1.807, 2.05) is 6.92 Å². The van der Waals surface area contributed by atoms with Crippen LogP contribution in [0.1, 0.15) is 91.9 Å². The lowest BCUT2D eigenvalue weighted by molar-refractivity contribution is -0.147. The molecule has 7 rings (SSSR count). The molecule has 3 N–H and O–H groups in total. The van der Waals surface area contributed by atoms with Gasteiger partial charge in [0.1, 0.15) is 10.5 Å². The Hall–Kier alpha value is -4.45. The first-order valence-corrected chi connectivity index (χ1v) is 20.8. The number of pyridine rings is 2. The highest BCUT2D eigenvalue weighted by atomic mass is 32.3. The van der Waals surface area contributed by atoms with Gasteiger partial charge in [-0.2, -0.15) is 21.7 Å².